The molecule has 1 aliphatic heterocycles. The fourth-order valence-corrected chi connectivity index (χ4v) is 2.50. The van der Waals surface area contributed by atoms with Crippen molar-refractivity contribution in [2.45, 2.75) is 19.3 Å². The Morgan fingerprint density at radius 2 is 1.94 bits per heavy atom. The number of ether oxygens (including phenoxy) is 1. The van der Waals surface area contributed by atoms with Crippen LogP contribution >= 0.6 is 0 Å². The topological polar surface area (TPSA) is 43.4 Å². The molecule has 0 amide bonds. The van der Waals surface area contributed by atoms with Crippen LogP contribution in [0.3, 0.4) is 0 Å². The molecule has 1 fully saturated rings. The van der Waals surface area contributed by atoms with Crippen molar-refractivity contribution in [2.75, 3.05) is 0 Å². The highest BCUT2D eigenvalue weighted by Crippen LogP contribution is 2.33. The summed E-state index contributed by atoms with van der Waals surface area (Å²) in [5.41, 5.74) is 1.97. The van der Waals surface area contributed by atoms with Crippen molar-refractivity contribution in [3.8, 4) is 0 Å². The third-order valence-corrected chi connectivity index (χ3v) is 3.28. The summed E-state index contributed by atoms with van der Waals surface area (Å²) in [6.45, 7) is 1.98. The lowest BCUT2D eigenvalue weighted by Crippen LogP contribution is -2.06. The minimum Gasteiger partial charge on any atom is -0.393 e. The van der Waals surface area contributed by atoms with Crippen LogP contribution in [0, 0.1) is 6.92 Å². The van der Waals surface area contributed by atoms with E-state index in [9.17, 15) is 9.59 Å². The Morgan fingerprint density at radius 1 is 1.17 bits per heavy atom. The van der Waals surface area contributed by atoms with E-state index < -0.39 is 17.9 Å². The highest BCUT2D eigenvalue weighted by molar-refractivity contribution is 6.01. The summed E-state index contributed by atoms with van der Waals surface area (Å²) in [4.78, 5) is 22.9. The normalized spacial score (nSPS) is 19.3. The van der Waals surface area contributed by atoms with E-state index in [1.807, 2.05) is 37.3 Å². The zero-order chi connectivity index (χ0) is 12.7. The van der Waals surface area contributed by atoms with Gasteiger partial charge in [-0.1, -0.05) is 42.0 Å². The van der Waals surface area contributed by atoms with Gasteiger partial charge in [0.1, 0.15) is 0 Å². The molecule has 1 heterocycles. The number of rotatable bonds is 1. The van der Waals surface area contributed by atoms with Gasteiger partial charge < -0.3 is 4.74 Å². The number of fused-ring (bicyclic) bond motifs is 1. The SMILES string of the molecule is Cc1cc(C2CC(=O)OC2=O)c2ccccc2c1. The monoisotopic (exact) mass is 240 g/mol. The van der Waals surface area contributed by atoms with E-state index in [1.54, 1.807) is 0 Å². The predicted octanol–water partition coefficient (Wildman–Crippen LogP) is 2.71. The summed E-state index contributed by atoms with van der Waals surface area (Å²) in [7, 11) is 0. The smallest absolute Gasteiger partial charge is 0.321 e. The highest BCUT2D eigenvalue weighted by Gasteiger charge is 2.35. The van der Waals surface area contributed by atoms with Crippen LogP contribution in [-0.4, -0.2) is 11.9 Å². The van der Waals surface area contributed by atoms with Crippen LogP contribution in [0.5, 0.6) is 0 Å². The lowest BCUT2D eigenvalue weighted by Gasteiger charge is -2.11. The van der Waals surface area contributed by atoms with Gasteiger partial charge in [0.2, 0.25) is 0 Å². The second-order valence-electron chi connectivity index (χ2n) is 4.63. The molecule has 1 aliphatic rings. The summed E-state index contributed by atoms with van der Waals surface area (Å²) < 4.78 is 4.64. The zero-order valence-corrected chi connectivity index (χ0v) is 9.97. The number of carbonyl (C=O) groups excluding carboxylic acids is 2. The van der Waals surface area contributed by atoms with E-state index in [0.717, 1.165) is 21.9 Å². The third-order valence-electron chi connectivity index (χ3n) is 3.28. The molecule has 2 aromatic carbocycles. The molecule has 0 saturated carbocycles. The van der Waals surface area contributed by atoms with Gasteiger partial charge in [-0.25, -0.2) is 0 Å². The molecule has 0 aromatic heterocycles. The summed E-state index contributed by atoms with van der Waals surface area (Å²) in [6.07, 6.45) is 0.145. The number of aryl methyl sites for hydroxylation is 1. The Hall–Kier alpha value is -2.16. The van der Waals surface area contributed by atoms with Crippen molar-refractivity contribution in [2.24, 2.45) is 0 Å². The number of hydrogen-bond acceptors (Lipinski definition) is 3. The number of benzene rings is 2. The van der Waals surface area contributed by atoms with E-state index in [0.29, 0.717) is 0 Å². The van der Waals surface area contributed by atoms with Gasteiger partial charge >= 0.3 is 11.9 Å². The van der Waals surface area contributed by atoms with E-state index in [4.69, 9.17) is 0 Å². The summed E-state index contributed by atoms with van der Waals surface area (Å²) >= 11 is 0. The van der Waals surface area contributed by atoms with Crippen LogP contribution in [0.15, 0.2) is 36.4 Å². The minimum atomic E-state index is -0.456. The fraction of sp³-hybridized carbons (Fsp3) is 0.200. The Bertz CT molecular complexity index is 658. The number of esters is 2. The molecule has 1 saturated heterocycles. The molecular weight excluding hydrogens is 228 g/mol. The molecular formula is C15H12O3. The van der Waals surface area contributed by atoms with Crippen LogP contribution in [0.2, 0.25) is 0 Å². The van der Waals surface area contributed by atoms with Crippen molar-refractivity contribution in [3.63, 3.8) is 0 Å². The van der Waals surface area contributed by atoms with Crippen molar-refractivity contribution in [3.05, 3.63) is 47.5 Å². The van der Waals surface area contributed by atoms with Gasteiger partial charge in [-0.15, -0.1) is 0 Å². The largest absolute Gasteiger partial charge is 0.393 e. The Labute approximate surface area is 104 Å². The predicted molar refractivity (Wildman–Crippen MR) is 67.1 cm³/mol. The zero-order valence-electron chi connectivity index (χ0n) is 9.97. The lowest BCUT2D eigenvalue weighted by molar-refractivity contribution is -0.152. The van der Waals surface area contributed by atoms with Crippen LogP contribution in [-0.2, 0) is 14.3 Å². The maximum atomic E-state index is 11.7. The maximum absolute atomic E-state index is 11.7. The molecule has 90 valence electrons. The molecule has 0 bridgehead atoms. The molecule has 0 radical (unpaired) electrons. The molecule has 0 aliphatic carbocycles. The molecule has 3 heteroatoms. The molecule has 1 unspecified atom stereocenters. The van der Waals surface area contributed by atoms with E-state index >= 15 is 0 Å². The van der Waals surface area contributed by atoms with Gasteiger partial charge in [0, 0.05) is 0 Å². The first-order valence-corrected chi connectivity index (χ1v) is 5.89. The molecule has 3 nitrogen and oxygen atoms in total. The average Bonchev–Trinajstić information content (AvgIpc) is 2.67. The Morgan fingerprint density at radius 3 is 2.67 bits per heavy atom. The number of carbonyl (C=O) groups is 2. The lowest BCUT2D eigenvalue weighted by atomic mass is 9.91. The van der Waals surface area contributed by atoms with Gasteiger partial charge in [0.25, 0.3) is 0 Å². The minimum absolute atomic E-state index is 0.145. The molecule has 0 spiro atoms. The summed E-state index contributed by atoms with van der Waals surface area (Å²) in [5, 5.41) is 2.10. The second-order valence-corrected chi connectivity index (χ2v) is 4.63. The van der Waals surface area contributed by atoms with Crippen LogP contribution in [0.1, 0.15) is 23.5 Å². The second kappa shape index (κ2) is 3.95. The van der Waals surface area contributed by atoms with Crippen LogP contribution < -0.4 is 0 Å². The number of cyclic esters (lactones) is 2. The quantitative estimate of drug-likeness (QED) is 0.568. The summed E-state index contributed by atoms with van der Waals surface area (Å²) in [6, 6.07) is 11.9. The first kappa shape index (κ1) is 11.0. The molecule has 0 N–H and O–H groups in total. The van der Waals surface area contributed by atoms with Gasteiger partial charge in [-0.2, -0.15) is 0 Å². The van der Waals surface area contributed by atoms with Gasteiger partial charge in [0.15, 0.2) is 0 Å². The molecule has 18 heavy (non-hydrogen) atoms. The Balaban J connectivity index is 2.22. The first-order valence-electron chi connectivity index (χ1n) is 5.89. The van der Waals surface area contributed by atoms with Crippen LogP contribution in [0.25, 0.3) is 10.8 Å². The highest BCUT2D eigenvalue weighted by atomic mass is 16.6. The fourth-order valence-electron chi connectivity index (χ4n) is 2.50. The maximum Gasteiger partial charge on any atom is 0.321 e. The molecule has 3 rings (SSSR count). The van der Waals surface area contributed by atoms with Gasteiger partial charge in [0.05, 0.1) is 12.3 Å². The third kappa shape index (κ3) is 1.68. The van der Waals surface area contributed by atoms with Crippen molar-refractivity contribution in [1.82, 2.24) is 0 Å². The average molecular weight is 240 g/mol. The van der Waals surface area contributed by atoms with Gasteiger partial charge in [-0.3, -0.25) is 9.59 Å². The van der Waals surface area contributed by atoms with E-state index in [-0.39, 0.29) is 6.42 Å². The summed E-state index contributed by atoms with van der Waals surface area (Å²) in [5.74, 6) is -1.33. The first-order chi connectivity index (χ1) is 8.65. The van der Waals surface area contributed by atoms with Crippen molar-refractivity contribution in [1.29, 1.82) is 0 Å². The van der Waals surface area contributed by atoms with E-state index in [1.165, 1.54) is 0 Å². The Kier molecular flexibility index (Phi) is 2.40. The van der Waals surface area contributed by atoms with Crippen molar-refractivity contribution < 1.29 is 14.3 Å². The van der Waals surface area contributed by atoms with Gasteiger partial charge in [-0.05, 0) is 23.3 Å². The molecule has 2 aromatic rings. The number of hydrogen-bond donors (Lipinski definition) is 0. The van der Waals surface area contributed by atoms with E-state index in [2.05, 4.69) is 10.8 Å². The van der Waals surface area contributed by atoms with Crippen molar-refractivity contribution >= 4 is 22.7 Å². The molecule has 1 atom stereocenters. The van der Waals surface area contributed by atoms with Crippen LogP contribution in [0.4, 0.5) is 0 Å². The standard InChI is InChI=1S/C15H12O3/c1-9-6-10-4-2-3-5-11(10)12(7-9)13-8-14(16)18-15(13)17/h2-7,13H,8H2,1H3.